The third-order valence-electron chi connectivity index (χ3n) is 2.49. The molecule has 0 aliphatic rings. The summed E-state index contributed by atoms with van der Waals surface area (Å²) in [6.45, 7) is 0. The molecule has 0 amide bonds. The second-order valence-electron chi connectivity index (χ2n) is 3.93. The van der Waals surface area contributed by atoms with E-state index in [0.717, 1.165) is 11.1 Å². The summed E-state index contributed by atoms with van der Waals surface area (Å²) in [7, 11) is 0. The highest BCUT2D eigenvalue weighted by Gasteiger charge is 2.41. The Labute approximate surface area is 112 Å². The Morgan fingerprint density at radius 2 is 1.45 bits per heavy atom. The average molecular weight is 281 g/mol. The lowest BCUT2D eigenvalue weighted by Gasteiger charge is -2.09. The summed E-state index contributed by atoms with van der Waals surface area (Å²) in [5.74, 6) is -2.29. The van der Waals surface area contributed by atoms with Crippen molar-refractivity contribution in [2.24, 2.45) is 0 Å². The standard InChI is InChI=1S/C14H10F3NO2/c15-14(16,17)13(19)20-18-12-8-6-11(7-9-12)10-4-2-1-3-5-10/h1-9,18H. The van der Waals surface area contributed by atoms with Gasteiger partial charge in [0.1, 0.15) is 0 Å². The molecule has 2 rings (SSSR count). The normalized spacial score (nSPS) is 10.9. The maximum atomic E-state index is 11.9. The van der Waals surface area contributed by atoms with Crippen molar-refractivity contribution in [1.82, 2.24) is 0 Å². The van der Waals surface area contributed by atoms with E-state index in [2.05, 4.69) is 4.84 Å². The van der Waals surface area contributed by atoms with E-state index in [-0.39, 0.29) is 5.69 Å². The summed E-state index contributed by atoms with van der Waals surface area (Å²) in [6.07, 6.45) is -5.02. The Kier molecular flexibility index (Phi) is 3.93. The SMILES string of the molecule is O=C(ONc1ccc(-c2ccccc2)cc1)C(F)(F)F. The quantitative estimate of drug-likeness (QED) is 0.870. The lowest BCUT2D eigenvalue weighted by Crippen LogP contribution is -2.27. The zero-order valence-corrected chi connectivity index (χ0v) is 10.1. The van der Waals surface area contributed by atoms with Crippen LogP contribution in [0.25, 0.3) is 11.1 Å². The van der Waals surface area contributed by atoms with Crippen LogP contribution in [0.2, 0.25) is 0 Å². The Hall–Kier alpha value is -2.50. The van der Waals surface area contributed by atoms with Gasteiger partial charge in [0.05, 0.1) is 5.69 Å². The van der Waals surface area contributed by atoms with E-state index in [9.17, 15) is 18.0 Å². The molecule has 0 aliphatic carbocycles. The minimum absolute atomic E-state index is 0.252. The van der Waals surface area contributed by atoms with Crippen molar-refractivity contribution in [3.63, 3.8) is 0 Å². The van der Waals surface area contributed by atoms with Gasteiger partial charge in [-0.05, 0) is 23.3 Å². The molecule has 1 N–H and O–H groups in total. The van der Waals surface area contributed by atoms with Crippen LogP contribution in [0.5, 0.6) is 0 Å². The number of hydrogen-bond donors (Lipinski definition) is 1. The number of halogens is 3. The van der Waals surface area contributed by atoms with Gasteiger partial charge in [0, 0.05) is 0 Å². The van der Waals surface area contributed by atoms with Crippen LogP contribution in [-0.2, 0) is 9.63 Å². The first-order chi connectivity index (χ1) is 9.47. The van der Waals surface area contributed by atoms with E-state index in [1.165, 1.54) is 12.1 Å². The molecule has 0 bridgehead atoms. The molecular weight excluding hydrogens is 271 g/mol. The summed E-state index contributed by atoms with van der Waals surface area (Å²) in [6, 6.07) is 15.9. The molecule has 20 heavy (non-hydrogen) atoms. The van der Waals surface area contributed by atoms with Gasteiger partial charge in [0.25, 0.3) is 0 Å². The van der Waals surface area contributed by atoms with Crippen molar-refractivity contribution in [1.29, 1.82) is 0 Å². The maximum Gasteiger partial charge on any atom is 0.493 e. The van der Waals surface area contributed by atoms with Gasteiger partial charge in [0.2, 0.25) is 0 Å². The Bertz CT molecular complexity index is 580. The lowest BCUT2D eigenvalue weighted by molar-refractivity contribution is -0.196. The summed E-state index contributed by atoms with van der Waals surface area (Å²) in [4.78, 5) is 14.4. The Morgan fingerprint density at radius 3 is 2.00 bits per heavy atom. The predicted molar refractivity (Wildman–Crippen MR) is 67.6 cm³/mol. The van der Waals surface area contributed by atoms with E-state index in [1.54, 1.807) is 12.1 Å². The van der Waals surface area contributed by atoms with Gasteiger partial charge in [-0.3, -0.25) is 0 Å². The number of benzene rings is 2. The minimum atomic E-state index is -5.02. The molecular formula is C14H10F3NO2. The topological polar surface area (TPSA) is 38.3 Å². The molecule has 104 valence electrons. The monoisotopic (exact) mass is 281 g/mol. The third kappa shape index (κ3) is 3.50. The highest BCUT2D eigenvalue weighted by atomic mass is 19.4. The zero-order valence-electron chi connectivity index (χ0n) is 10.1. The van der Waals surface area contributed by atoms with Crippen LogP contribution >= 0.6 is 0 Å². The maximum absolute atomic E-state index is 11.9. The number of carbonyl (C=O) groups excluding carboxylic acids is 1. The van der Waals surface area contributed by atoms with Crippen LogP contribution in [-0.4, -0.2) is 12.1 Å². The van der Waals surface area contributed by atoms with E-state index in [4.69, 9.17) is 0 Å². The molecule has 0 atom stereocenters. The Morgan fingerprint density at radius 1 is 0.900 bits per heavy atom. The predicted octanol–water partition coefficient (Wildman–Crippen LogP) is 3.79. The first kappa shape index (κ1) is 13.9. The number of nitrogens with one attached hydrogen (secondary N) is 1. The molecule has 0 fully saturated rings. The molecule has 3 nitrogen and oxygen atoms in total. The Balaban J connectivity index is 2.01. The van der Waals surface area contributed by atoms with Gasteiger partial charge < -0.3 is 4.84 Å². The van der Waals surface area contributed by atoms with Gasteiger partial charge >= 0.3 is 12.1 Å². The first-order valence-electron chi connectivity index (χ1n) is 5.66. The van der Waals surface area contributed by atoms with E-state index >= 15 is 0 Å². The second-order valence-corrected chi connectivity index (χ2v) is 3.93. The van der Waals surface area contributed by atoms with Crippen molar-refractivity contribution >= 4 is 11.7 Å². The second kappa shape index (κ2) is 5.64. The van der Waals surface area contributed by atoms with E-state index in [0.29, 0.717) is 0 Å². The molecule has 0 aromatic heterocycles. The van der Waals surface area contributed by atoms with Crippen LogP contribution < -0.4 is 5.48 Å². The molecule has 2 aromatic carbocycles. The number of rotatable bonds is 3. The lowest BCUT2D eigenvalue weighted by atomic mass is 10.1. The summed E-state index contributed by atoms with van der Waals surface area (Å²) < 4.78 is 35.8. The number of hydrogen-bond acceptors (Lipinski definition) is 3. The fourth-order valence-corrected chi connectivity index (χ4v) is 1.52. The van der Waals surface area contributed by atoms with Crippen LogP contribution in [0.1, 0.15) is 0 Å². The largest absolute Gasteiger partial charge is 0.493 e. The van der Waals surface area contributed by atoms with Crippen molar-refractivity contribution in [2.45, 2.75) is 6.18 Å². The molecule has 2 aromatic rings. The van der Waals surface area contributed by atoms with Crippen molar-refractivity contribution in [3.8, 4) is 11.1 Å². The third-order valence-corrected chi connectivity index (χ3v) is 2.49. The average Bonchev–Trinajstić information content (AvgIpc) is 2.45. The molecule has 0 aliphatic heterocycles. The number of alkyl halides is 3. The van der Waals surface area contributed by atoms with Crippen LogP contribution in [0.3, 0.4) is 0 Å². The minimum Gasteiger partial charge on any atom is -0.335 e. The van der Waals surface area contributed by atoms with Crippen LogP contribution in [0.15, 0.2) is 54.6 Å². The smallest absolute Gasteiger partial charge is 0.335 e. The number of anilines is 1. The molecule has 0 heterocycles. The molecule has 0 saturated heterocycles. The molecule has 0 unspecified atom stereocenters. The van der Waals surface area contributed by atoms with Gasteiger partial charge in [-0.25, -0.2) is 10.3 Å². The molecule has 0 saturated carbocycles. The highest BCUT2D eigenvalue weighted by molar-refractivity contribution is 5.76. The summed E-state index contributed by atoms with van der Waals surface area (Å²) in [5.41, 5.74) is 4.09. The van der Waals surface area contributed by atoms with Gasteiger partial charge in [-0.2, -0.15) is 13.2 Å². The number of carbonyl (C=O) groups is 1. The van der Waals surface area contributed by atoms with E-state index in [1.807, 2.05) is 35.8 Å². The van der Waals surface area contributed by atoms with E-state index < -0.39 is 12.1 Å². The van der Waals surface area contributed by atoms with Crippen molar-refractivity contribution < 1.29 is 22.8 Å². The summed E-state index contributed by atoms with van der Waals surface area (Å²) in [5, 5.41) is 0. The van der Waals surface area contributed by atoms with Crippen LogP contribution in [0.4, 0.5) is 18.9 Å². The van der Waals surface area contributed by atoms with Gasteiger partial charge in [0.15, 0.2) is 0 Å². The fraction of sp³-hybridized carbons (Fsp3) is 0.0714. The molecule has 0 radical (unpaired) electrons. The zero-order chi connectivity index (χ0) is 14.6. The highest BCUT2D eigenvalue weighted by Crippen LogP contribution is 2.22. The van der Waals surface area contributed by atoms with Crippen molar-refractivity contribution in [2.75, 3.05) is 5.48 Å². The van der Waals surface area contributed by atoms with Gasteiger partial charge in [-0.15, -0.1) is 0 Å². The fourth-order valence-electron chi connectivity index (χ4n) is 1.52. The molecule has 0 spiro atoms. The molecule has 6 heteroatoms. The van der Waals surface area contributed by atoms with Crippen LogP contribution in [0, 0.1) is 0 Å². The summed E-state index contributed by atoms with van der Waals surface area (Å²) >= 11 is 0. The first-order valence-corrected chi connectivity index (χ1v) is 5.66. The van der Waals surface area contributed by atoms with Gasteiger partial charge in [-0.1, -0.05) is 42.5 Å². The van der Waals surface area contributed by atoms with Crippen molar-refractivity contribution in [3.05, 3.63) is 54.6 Å².